The van der Waals surface area contributed by atoms with Gasteiger partial charge in [-0.05, 0) is 43.3 Å². The number of carbonyl (C=O) groups excluding carboxylic acids is 1. The van der Waals surface area contributed by atoms with Gasteiger partial charge in [-0.2, -0.15) is 0 Å². The minimum atomic E-state index is -0.0449. The molecule has 0 radical (unpaired) electrons. The number of amides is 1. The van der Waals surface area contributed by atoms with Crippen molar-refractivity contribution in [3.8, 4) is 16.3 Å². The summed E-state index contributed by atoms with van der Waals surface area (Å²) in [7, 11) is 5.62. The first-order chi connectivity index (χ1) is 13.0. The molecule has 0 saturated heterocycles. The lowest BCUT2D eigenvalue weighted by Gasteiger charge is -2.13. The molecule has 0 bridgehead atoms. The third kappa shape index (κ3) is 4.65. The predicted octanol–water partition coefficient (Wildman–Crippen LogP) is 4.37. The van der Waals surface area contributed by atoms with E-state index in [4.69, 9.17) is 4.74 Å². The highest BCUT2D eigenvalue weighted by Crippen LogP contribution is 2.30. The molecule has 3 rings (SSSR count). The van der Waals surface area contributed by atoms with Crippen LogP contribution in [0.4, 0.5) is 11.4 Å². The second kappa shape index (κ2) is 8.22. The average Bonchev–Trinajstić information content (AvgIpc) is 3.02. The molecule has 3 aromatic rings. The zero-order chi connectivity index (χ0) is 19.4. The second-order valence-corrected chi connectivity index (χ2v) is 7.51. The molecule has 27 heavy (non-hydrogen) atoms. The molecule has 1 heterocycles. The standard InChI is InChI=1S/C21H23N3O2S/c1-14-19(27-21(22-14)15-6-5-7-18(12-15)26-4)13-20(25)23-16-8-10-17(11-9-16)24(2)3/h5-12H,13H2,1-4H3,(H,23,25). The number of nitrogens with zero attached hydrogens (tertiary/aromatic N) is 2. The Morgan fingerprint density at radius 2 is 1.93 bits per heavy atom. The summed E-state index contributed by atoms with van der Waals surface area (Å²) in [4.78, 5) is 20.0. The number of benzene rings is 2. The summed E-state index contributed by atoms with van der Waals surface area (Å²) in [6, 6.07) is 15.6. The molecule has 5 nitrogen and oxygen atoms in total. The van der Waals surface area contributed by atoms with Crippen molar-refractivity contribution in [1.29, 1.82) is 0 Å². The molecule has 6 heteroatoms. The summed E-state index contributed by atoms with van der Waals surface area (Å²) in [5.74, 6) is 0.748. The van der Waals surface area contributed by atoms with Crippen LogP contribution < -0.4 is 15.0 Å². The highest BCUT2D eigenvalue weighted by atomic mass is 32.1. The van der Waals surface area contributed by atoms with Crippen molar-refractivity contribution in [3.05, 3.63) is 59.1 Å². The molecule has 0 aliphatic heterocycles. The van der Waals surface area contributed by atoms with Crippen molar-refractivity contribution in [2.24, 2.45) is 0 Å². The van der Waals surface area contributed by atoms with Gasteiger partial charge in [-0.1, -0.05) is 12.1 Å². The summed E-state index contributed by atoms with van der Waals surface area (Å²) in [6.07, 6.45) is 0.308. The number of rotatable bonds is 6. The van der Waals surface area contributed by atoms with Crippen LogP contribution in [0.3, 0.4) is 0 Å². The van der Waals surface area contributed by atoms with Gasteiger partial charge in [0.2, 0.25) is 5.91 Å². The fraction of sp³-hybridized carbons (Fsp3) is 0.238. The molecule has 1 amide bonds. The maximum Gasteiger partial charge on any atom is 0.229 e. The fourth-order valence-electron chi connectivity index (χ4n) is 2.67. The van der Waals surface area contributed by atoms with Crippen LogP contribution in [0.25, 0.3) is 10.6 Å². The van der Waals surface area contributed by atoms with Crippen molar-refractivity contribution in [2.45, 2.75) is 13.3 Å². The van der Waals surface area contributed by atoms with Gasteiger partial charge >= 0.3 is 0 Å². The molecule has 0 unspecified atom stereocenters. The van der Waals surface area contributed by atoms with Crippen LogP contribution in [0.2, 0.25) is 0 Å². The monoisotopic (exact) mass is 381 g/mol. The first kappa shape index (κ1) is 18.9. The quantitative estimate of drug-likeness (QED) is 0.689. The van der Waals surface area contributed by atoms with Crippen molar-refractivity contribution in [3.63, 3.8) is 0 Å². The van der Waals surface area contributed by atoms with Gasteiger partial charge in [0.1, 0.15) is 10.8 Å². The molecule has 0 spiro atoms. The summed E-state index contributed by atoms with van der Waals surface area (Å²) in [5, 5.41) is 3.85. The van der Waals surface area contributed by atoms with E-state index < -0.39 is 0 Å². The van der Waals surface area contributed by atoms with E-state index in [2.05, 4.69) is 10.3 Å². The molecule has 1 N–H and O–H groups in total. The third-order valence-electron chi connectivity index (χ3n) is 4.20. The van der Waals surface area contributed by atoms with E-state index in [1.54, 1.807) is 18.4 Å². The Balaban J connectivity index is 1.70. The lowest BCUT2D eigenvalue weighted by molar-refractivity contribution is -0.115. The van der Waals surface area contributed by atoms with Gasteiger partial charge < -0.3 is 15.0 Å². The van der Waals surface area contributed by atoms with Crippen LogP contribution in [0, 0.1) is 6.92 Å². The molecule has 0 atom stereocenters. The first-order valence-electron chi connectivity index (χ1n) is 8.64. The van der Waals surface area contributed by atoms with Gasteiger partial charge in [0.15, 0.2) is 0 Å². The van der Waals surface area contributed by atoms with Crippen LogP contribution in [-0.2, 0) is 11.2 Å². The smallest absolute Gasteiger partial charge is 0.229 e. The fourth-order valence-corrected chi connectivity index (χ4v) is 3.72. The molecular formula is C21H23N3O2S. The average molecular weight is 382 g/mol. The Kier molecular flexibility index (Phi) is 5.76. The number of ether oxygens (including phenoxy) is 1. The number of carbonyl (C=O) groups is 1. The minimum absolute atomic E-state index is 0.0449. The first-order valence-corrected chi connectivity index (χ1v) is 9.46. The normalized spacial score (nSPS) is 10.5. The van der Waals surface area contributed by atoms with Crippen LogP contribution >= 0.6 is 11.3 Å². The number of methoxy groups -OCH3 is 1. The maximum atomic E-state index is 12.4. The van der Waals surface area contributed by atoms with Crippen LogP contribution in [0.1, 0.15) is 10.6 Å². The van der Waals surface area contributed by atoms with E-state index in [1.807, 2.05) is 74.4 Å². The molecular weight excluding hydrogens is 358 g/mol. The number of aromatic nitrogens is 1. The van der Waals surface area contributed by atoms with Crippen molar-refractivity contribution in [2.75, 3.05) is 31.4 Å². The maximum absolute atomic E-state index is 12.4. The summed E-state index contributed by atoms with van der Waals surface area (Å²) in [6.45, 7) is 1.94. The molecule has 2 aromatic carbocycles. The molecule has 0 saturated carbocycles. The SMILES string of the molecule is COc1cccc(-c2nc(C)c(CC(=O)Nc3ccc(N(C)C)cc3)s2)c1. The second-order valence-electron chi connectivity index (χ2n) is 6.43. The van der Waals surface area contributed by atoms with Gasteiger partial charge in [0, 0.05) is 35.9 Å². The highest BCUT2D eigenvalue weighted by Gasteiger charge is 2.14. The third-order valence-corrected chi connectivity index (χ3v) is 5.40. The lowest BCUT2D eigenvalue weighted by Crippen LogP contribution is -2.14. The van der Waals surface area contributed by atoms with Gasteiger partial charge in [-0.15, -0.1) is 11.3 Å². The molecule has 1 aromatic heterocycles. The number of nitrogens with one attached hydrogen (secondary N) is 1. The molecule has 0 aliphatic carbocycles. The van der Waals surface area contributed by atoms with Crippen LogP contribution in [0.15, 0.2) is 48.5 Å². The van der Waals surface area contributed by atoms with E-state index in [1.165, 1.54) is 0 Å². The van der Waals surface area contributed by atoms with Crippen LogP contribution in [0.5, 0.6) is 5.75 Å². The topological polar surface area (TPSA) is 54.5 Å². The Bertz CT molecular complexity index is 933. The number of aryl methyl sites for hydroxylation is 1. The van der Waals surface area contributed by atoms with Gasteiger partial charge in [-0.25, -0.2) is 4.98 Å². The van der Waals surface area contributed by atoms with Crippen molar-refractivity contribution >= 4 is 28.6 Å². The Morgan fingerprint density at radius 3 is 2.59 bits per heavy atom. The number of hydrogen-bond donors (Lipinski definition) is 1. The Hall–Kier alpha value is -2.86. The minimum Gasteiger partial charge on any atom is -0.497 e. The van der Waals surface area contributed by atoms with Crippen LogP contribution in [-0.4, -0.2) is 32.1 Å². The summed E-state index contributed by atoms with van der Waals surface area (Å²) < 4.78 is 5.28. The Labute approximate surface area is 163 Å². The summed E-state index contributed by atoms with van der Waals surface area (Å²) in [5.41, 5.74) is 3.76. The molecule has 0 aliphatic rings. The zero-order valence-corrected chi connectivity index (χ0v) is 16.8. The van der Waals surface area contributed by atoms with E-state index in [0.717, 1.165) is 38.3 Å². The highest BCUT2D eigenvalue weighted by molar-refractivity contribution is 7.15. The Morgan fingerprint density at radius 1 is 1.19 bits per heavy atom. The van der Waals surface area contributed by atoms with Crippen molar-refractivity contribution < 1.29 is 9.53 Å². The van der Waals surface area contributed by atoms with E-state index in [9.17, 15) is 4.79 Å². The van der Waals surface area contributed by atoms with E-state index >= 15 is 0 Å². The lowest BCUT2D eigenvalue weighted by atomic mass is 10.2. The van der Waals surface area contributed by atoms with Crippen molar-refractivity contribution in [1.82, 2.24) is 4.98 Å². The summed E-state index contributed by atoms with van der Waals surface area (Å²) >= 11 is 1.54. The number of anilines is 2. The zero-order valence-electron chi connectivity index (χ0n) is 15.9. The molecule has 0 fully saturated rings. The largest absolute Gasteiger partial charge is 0.497 e. The number of thiazole rings is 1. The van der Waals surface area contributed by atoms with Gasteiger partial charge in [0.05, 0.1) is 19.2 Å². The van der Waals surface area contributed by atoms with Gasteiger partial charge in [0.25, 0.3) is 0 Å². The van der Waals surface area contributed by atoms with E-state index in [0.29, 0.717) is 6.42 Å². The predicted molar refractivity (Wildman–Crippen MR) is 112 cm³/mol. The molecule has 140 valence electrons. The number of hydrogen-bond acceptors (Lipinski definition) is 5. The van der Waals surface area contributed by atoms with Gasteiger partial charge in [-0.3, -0.25) is 4.79 Å². The van der Waals surface area contributed by atoms with E-state index in [-0.39, 0.29) is 5.91 Å².